The van der Waals surface area contributed by atoms with Gasteiger partial charge in [0.15, 0.2) is 5.76 Å². The Morgan fingerprint density at radius 1 is 1.33 bits per heavy atom. The van der Waals surface area contributed by atoms with Gasteiger partial charge in [0.1, 0.15) is 5.82 Å². The fourth-order valence-electron chi connectivity index (χ4n) is 1.82. The van der Waals surface area contributed by atoms with Crippen molar-refractivity contribution in [2.45, 2.75) is 31.9 Å². The third-order valence-corrected chi connectivity index (χ3v) is 4.47. The molecule has 0 saturated heterocycles. The normalized spacial score (nSPS) is 11.8. The van der Waals surface area contributed by atoms with Crippen LogP contribution in [0.3, 0.4) is 0 Å². The highest BCUT2D eigenvalue weighted by Gasteiger charge is 2.20. The van der Waals surface area contributed by atoms with Crippen molar-refractivity contribution < 1.29 is 22.4 Å². The van der Waals surface area contributed by atoms with Crippen LogP contribution in [0.2, 0.25) is 0 Å². The summed E-state index contributed by atoms with van der Waals surface area (Å²) in [5, 5.41) is 12.7. The van der Waals surface area contributed by atoms with E-state index < -0.39 is 22.4 Å². The van der Waals surface area contributed by atoms with Gasteiger partial charge in [-0.2, -0.15) is 0 Å². The van der Waals surface area contributed by atoms with E-state index in [2.05, 4.69) is 9.88 Å². The first-order valence-corrected chi connectivity index (χ1v) is 7.63. The standard InChI is InChI=1S/C13H15FN2O4S/c1-8-3-11(20-16-8)6-15-21(18,19)13-5-10(7-17)4-12(14)9(13)2/h3-5,15,17H,6-7H2,1-2H3. The minimum absolute atomic E-state index is 0.00606. The van der Waals surface area contributed by atoms with Crippen LogP contribution >= 0.6 is 0 Å². The Morgan fingerprint density at radius 2 is 2.05 bits per heavy atom. The first-order chi connectivity index (χ1) is 9.83. The molecular formula is C13H15FN2O4S. The van der Waals surface area contributed by atoms with Crippen LogP contribution in [0.1, 0.15) is 22.6 Å². The maximum Gasteiger partial charge on any atom is 0.241 e. The summed E-state index contributed by atoms with van der Waals surface area (Å²) in [7, 11) is -3.92. The first-order valence-electron chi connectivity index (χ1n) is 6.15. The van der Waals surface area contributed by atoms with Crippen LogP contribution in [0.25, 0.3) is 0 Å². The number of nitrogens with zero attached hydrogens (tertiary/aromatic N) is 1. The lowest BCUT2D eigenvalue weighted by Gasteiger charge is -2.10. The van der Waals surface area contributed by atoms with Crippen LogP contribution in [0, 0.1) is 19.7 Å². The van der Waals surface area contributed by atoms with Gasteiger partial charge in [-0.05, 0) is 31.5 Å². The second-order valence-corrected chi connectivity index (χ2v) is 6.35. The maximum absolute atomic E-state index is 13.7. The quantitative estimate of drug-likeness (QED) is 0.870. The Hall–Kier alpha value is -1.77. The van der Waals surface area contributed by atoms with Crippen molar-refractivity contribution in [1.29, 1.82) is 0 Å². The number of hydrogen-bond donors (Lipinski definition) is 2. The topological polar surface area (TPSA) is 92.4 Å². The Bertz CT molecular complexity index is 756. The van der Waals surface area contributed by atoms with Crippen molar-refractivity contribution in [2.24, 2.45) is 0 Å². The predicted octanol–water partition coefficient (Wildman–Crippen LogP) is 1.40. The molecular weight excluding hydrogens is 299 g/mol. The molecule has 6 nitrogen and oxygen atoms in total. The molecule has 0 fully saturated rings. The highest BCUT2D eigenvalue weighted by atomic mass is 32.2. The number of aliphatic hydroxyl groups is 1. The van der Waals surface area contributed by atoms with Gasteiger partial charge in [-0.1, -0.05) is 5.16 Å². The predicted molar refractivity (Wildman–Crippen MR) is 72.3 cm³/mol. The number of rotatable bonds is 5. The van der Waals surface area contributed by atoms with Crippen LogP contribution in [0.5, 0.6) is 0 Å². The van der Waals surface area contributed by atoms with Gasteiger partial charge in [-0.25, -0.2) is 17.5 Å². The van der Waals surface area contributed by atoms with Gasteiger partial charge in [0, 0.05) is 11.6 Å². The summed E-state index contributed by atoms with van der Waals surface area (Å²) in [6.07, 6.45) is 0. The van der Waals surface area contributed by atoms with Crippen molar-refractivity contribution in [2.75, 3.05) is 0 Å². The molecule has 114 valence electrons. The molecule has 0 bridgehead atoms. The summed E-state index contributed by atoms with van der Waals surface area (Å²) in [6.45, 7) is 2.55. The maximum atomic E-state index is 13.7. The third-order valence-electron chi connectivity index (χ3n) is 2.94. The van der Waals surface area contributed by atoms with E-state index in [1.54, 1.807) is 13.0 Å². The lowest BCUT2D eigenvalue weighted by atomic mass is 10.1. The van der Waals surface area contributed by atoms with Gasteiger partial charge in [-0.15, -0.1) is 0 Å². The minimum Gasteiger partial charge on any atom is -0.392 e. The zero-order valence-electron chi connectivity index (χ0n) is 11.6. The largest absolute Gasteiger partial charge is 0.392 e. The van der Waals surface area contributed by atoms with Crippen LogP contribution in [0.4, 0.5) is 4.39 Å². The summed E-state index contributed by atoms with van der Waals surface area (Å²) in [5.41, 5.74) is 0.816. The zero-order chi connectivity index (χ0) is 15.6. The second kappa shape index (κ2) is 5.92. The number of aromatic nitrogens is 1. The molecule has 21 heavy (non-hydrogen) atoms. The number of sulfonamides is 1. The molecule has 1 heterocycles. The highest BCUT2D eigenvalue weighted by Crippen LogP contribution is 2.21. The van der Waals surface area contributed by atoms with E-state index in [0.717, 1.165) is 6.07 Å². The molecule has 0 spiro atoms. The lowest BCUT2D eigenvalue weighted by Crippen LogP contribution is -2.24. The minimum atomic E-state index is -3.92. The van der Waals surface area contributed by atoms with E-state index in [1.807, 2.05) is 0 Å². The van der Waals surface area contributed by atoms with Crippen molar-refractivity contribution in [3.63, 3.8) is 0 Å². The Labute approximate surface area is 121 Å². The molecule has 0 atom stereocenters. The third kappa shape index (κ3) is 3.46. The highest BCUT2D eigenvalue weighted by molar-refractivity contribution is 7.89. The first kappa shape index (κ1) is 15.6. The van der Waals surface area contributed by atoms with E-state index in [0.29, 0.717) is 11.5 Å². The molecule has 1 aromatic heterocycles. The molecule has 0 aliphatic rings. The molecule has 0 amide bonds. The summed E-state index contributed by atoms with van der Waals surface area (Å²) < 4.78 is 45.4. The van der Waals surface area contributed by atoms with Crippen molar-refractivity contribution >= 4 is 10.0 Å². The zero-order valence-corrected chi connectivity index (χ0v) is 12.4. The van der Waals surface area contributed by atoms with Gasteiger partial charge in [0.05, 0.1) is 23.7 Å². The molecule has 2 N–H and O–H groups in total. The fraction of sp³-hybridized carbons (Fsp3) is 0.308. The SMILES string of the molecule is Cc1cc(CNS(=O)(=O)c2cc(CO)cc(F)c2C)on1. The summed E-state index contributed by atoms with van der Waals surface area (Å²) in [5.74, 6) is -0.329. The lowest BCUT2D eigenvalue weighted by molar-refractivity contribution is 0.281. The molecule has 1 aromatic carbocycles. The Kier molecular flexibility index (Phi) is 4.40. The van der Waals surface area contributed by atoms with Gasteiger partial charge < -0.3 is 9.63 Å². The number of hydrogen-bond acceptors (Lipinski definition) is 5. The van der Waals surface area contributed by atoms with Crippen LogP contribution in [0.15, 0.2) is 27.6 Å². The van der Waals surface area contributed by atoms with Crippen LogP contribution < -0.4 is 4.72 Å². The van der Waals surface area contributed by atoms with Crippen molar-refractivity contribution in [3.8, 4) is 0 Å². The summed E-state index contributed by atoms with van der Waals surface area (Å²) in [6, 6.07) is 3.95. The average Bonchev–Trinajstić information content (AvgIpc) is 2.85. The smallest absolute Gasteiger partial charge is 0.241 e. The van der Waals surface area contributed by atoms with E-state index in [4.69, 9.17) is 9.63 Å². The fourth-order valence-corrected chi connectivity index (χ4v) is 3.12. The Balaban J connectivity index is 2.29. The molecule has 0 saturated carbocycles. The molecule has 0 aliphatic carbocycles. The molecule has 2 rings (SSSR count). The van der Waals surface area contributed by atoms with E-state index >= 15 is 0 Å². The average molecular weight is 314 g/mol. The molecule has 0 radical (unpaired) electrons. The molecule has 0 aliphatic heterocycles. The molecule has 2 aromatic rings. The second-order valence-electron chi connectivity index (χ2n) is 4.62. The van der Waals surface area contributed by atoms with Gasteiger partial charge in [-0.3, -0.25) is 0 Å². The van der Waals surface area contributed by atoms with Crippen molar-refractivity contribution in [1.82, 2.24) is 9.88 Å². The number of benzene rings is 1. The van der Waals surface area contributed by atoms with E-state index in [9.17, 15) is 12.8 Å². The van der Waals surface area contributed by atoms with Crippen molar-refractivity contribution in [3.05, 3.63) is 46.6 Å². The summed E-state index contributed by atoms with van der Waals surface area (Å²) in [4.78, 5) is -0.206. The van der Waals surface area contributed by atoms with Crippen LogP contribution in [-0.4, -0.2) is 18.7 Å². The number of aryl methyl sites for hydroxylation is 1. The molecule has 8 heteroatoms. The number of aliphatic hydroxyl groups excluding tert-OH is 1. The van der Waals surface area contributed by atoms with Gasteiger partial charge in [0.25, 0.3) is 0 Å². The van der Waals surface area contributed by atoms with E-state index in [1.165, 1.54) is 13.0 Å². The monoisotopic (exact) mass is 314 g/mol. The van der Waals surface area contributed by atoms with Gasteiger partial charge in [0.2, 0.25) is 10.0 Å². The van der Waals surface area contributed by atoms with Gasteiger partial charge >= 0.3 is 0 Å². The van der Waals surface area contributed by atoms with Crippen LogP contribution in [-0.2, 0) is 23.2 Å². The molecule has 0 unspecified atom stereocenters. The van der Waals surface area contributed by atoms with E-state index in [-0.39, 0.29) is 22.6 Å². The summed E-state index contributed by atoms with van der Waals surface area (Å²) >= 11 is 0. The number of halogens is 1. The number of nitrogens with one attached hydrogen (secondary N) is 1. The Morgan fingerprint density at radius 3 is 2.62 bits per heavy atom.